The molecule has 86 valence electrons. The molecule has 0 saturated heterocycles. The number of carboxylic acid groups (broad SMARTS) is 2. The van der Waals surface area contributed by atoms with Crippen molar-refractivity contribution in [3.63, 3.8) is 0 Å². The summed E-state index contributed by atoms with van der Waals surface area (Å²) in [5, 5.41) is 17.6. The Morgan fingerprint density at radius 1 is 1.31 bits per heavy atom. The van der Waals surface area contributed by atoms with E-state index in [2.05, 4.69) is 0 Å². The van der Waals surface area contributed by atoms with E-state index in [0.29, 0.717) is 5.56 Å². The number of aromatic carboxylic acids is 1. The van der Waals surface area contributed by atoms with E-state index in [1.54, 1.807) is 23.9 Å². The lowest BCUT2D eigenvalue weighted by atomic mass is 10.1. The Morgan fingerprint density at radius 3 is 2.50 bits per heavy atom. The number of benzene rings is 1. The Balaban J connectivity index is 3.10. The predicted octanol–water partition coefficient (Wildman–Crippen LogP) is 2.12. The number of hydrogen-bond acceptors (Lipinski definition) is 3. The molecule has 1 rings (SSSR count). The fourth-order valence-corrected chi connectivity index (χ4v) is 2.07. The van der Waals surface area contributed by atoms with Crippen LogP contribution in [-0.2, 0) is 11.2 Å². The highest BCUT2D eigenvalue weighted by Crippen LogP contribution is 2.22. The predicted molar refractivity (Wildman–Crippen MR) is 61.1 cm³/mol. The van der Waals surface area contributed by atoms with Gasteiger partial charge in [0.1, 0.15) is 0 Å². The van der Waals surface area contributed by atoms with Crippen molar-refractivity contribution in [3.05, 3.63) is 29.3 Å². The first-order valence-corrected chi connectivity index (χ1v) is 5.74. The standard InChI is InChI=1S/C11H12O4S/c1-2-16-8-3-4-9(11(14)15)7(5-8)6-10(12)13/h3-5H,2,6H2,1H3,(H,12,13)(H,14,15). The first kappa shape index (κ1) is 12.6. The summed E-state index contributed by atoms with van der Waals surface area (Å²) in [7, 11) is 0. The number of aliphatic carboxylic acids is 1. The molecule has 0 bridgehead atoms. The van der Waals surface area contributed by atoms with Crippen LogP contribution >= 0.6 is 11.8 Å². The summed E-state index contributed by atoms with van der Waals surface area (Å²) in [5.74, 6) is -1.26. The summed E-state index contributed by atoms with van der Waals surface area (Å²) in [6, 6.07) is 4.79. The van der Waals surface area contributed by atoms with Crippen molar-refractivity contribution in [1.82, 2.24) is 0 Å². The summed E-state index contributed by atoms with van der Waals surface area (Å²) < 4.78 is 0. The average Bonchev–Trinajstić information content (AvgIpc) is 2.16. The van der Waals surface area contributed by atoms with Crippen molar-refractivity contribution in [2.24, 2.45) is 0 Å². The Morgan fingerprint density at radius 2 is 2.00 bits per heavy atom. The summed E-state index contributed by atoms with van der Waals surface area (Å²) in [6.07, 6.45) is -0.264. The van der Waals surface area contributed by atoms with Crippen molar-refractivity contribution in [1.29, 1.82) is 0 Å². The zero-order chi connectivity index (χ0) is 12.1. The van der Waals surface area contributed by atoms with Crippen LogP contribution in [0.5, 0.6) is 0 Å². The highest BCUT2D eigenvalue weighted by Gasteiger charge is 2.13. The summed E-state index contributed by atoms with van der Waals surface area (Å²) in [5.41, 5.74) is 0.404. The van der Waals surface area contributed by atoms with E-state index in [-0.39, 0.29) is 12.0 Å². The molecule has 0 fully saturated rings. The molecular formula is C11H12O4S. The molecule has 0 atom stereocenters. The third kappa shape index (κ3) is 3.27. The molecule has 0 saturated carbocycles. The lowest BCUT2D eigenvalue weighted by molar-refractivity contribution is -0.136. The molecule has 1 aromatic carbocycles. The van der Waals surface area contributed by atoms with Crippen LogP contribution in [0.15, 0.2) is 23.1 Å². The second kappa shape index (κ2) is 5.55. The van der Waals surface area contributed by atoms with E-state index in [4.69, 9.17) is 10.2 Å². The molecule has 2 N–H and O–H groups in total. The summed E-state index contributed by atoms with van der Waals surface area (Å²) in [6.45, 7) is 1.98. The maximum absolute atomic E-state index is 10.9. The minimum absolute atomic E-state index is 0.0582. The van der Waals surface area contributed by atoms with Gasteiger partial charge in [-0.1, -0.05) is 6.92 Å². The SMILES string of the molecule is CCSc1ccc(C(=O)O)c(CC(=O)O)c1. The van der Waals surface area contributed by atoms with E-state index >= 15 is 0 Å². The fraction of sp³-hybridized carbons (Fsp3) is 0.273. The number of thioether (sulfide) groups is 1. The van der Waals surface area contributed by atoms with Gasteiger partial charge < -0.3 is 10.2 Å². The largest absolute Gasteiger partial charge is 0.481 e. The quantitative estimate of drug-likeness (QED) is 0.771. The van der Waals surface area contributed by atoms with Gasteiger partial charge in [0.15, 0.2) is 0 Å². The molecule has 16 heavy (non-hydrogen) atoms. The molecule has 0 aliphatic rings. The van der Waals surface area contributed by atoms with E-state index < -0.39 is 11.9 Å². The van der Waals surface area contributed by atoms with Gasteiger partial charge in [-0.15, -0.1) is 11.8 Å². The third-order valence-electron chi connectivity index (χ3n) is 1.96. The number of carboxylic acids is 2. The molecule has 5 heteroatoms. The van der Waals surface area contributed by atoms with Crippen LogP contribution in [-0.4, -0.2) is 27.9 Å². The minimum atomic E-state index is -1.09. The normalized spacial score (nSPS) is 10.1. The number of rotatable bonds is 5. The zero-order valence-corrected chi connectivity index (χ0v) is 9.58. The molecule has 1 aromatic rings. The highest BCUT2D eigenvalue weighted by atomic mass is 32.2. The third-order valence-corrected chi connectivity index (χ3v) is 2.84. The van der Waals surface area contributed by atoms with Crippen molar-refractivity contribution in [2.45, 2.75) is 18.2 Å². The average molecular weight is 240 g/mol. The van der Waals surface area contributed by atoms with Crippen molar-refractivity contribution < 1.29 is 19.8 Å². The van der Waals surface area contributed by atoms with Crippen LogP contribution in [0.1, 0.15) is 22.8 Å². The second-order valence-corrected chi connectivity index (χ2v) is 4.47. The monoisotopic (exact) mass is 240 g/mol. The van der Waals surface area contributed by atoms with Crippen LogP contribution in [0.2, 0.25) is 0 Å². The van der Waals surface area contributed by atoms with Gasteiger partial charge in [0, 0.05) is 4.90 Å². The van der Waals surface area contributed by atoms with Crippen LogP contribution in [0.3, 0.4) is 0 Å². The first-order valence-electron chi connectivity index (χ1n) is 4.75. The topological polar surface area (TPSA) is 74.6 Å². The van der Waals surface area contributed by atoms with Gasteiger partial charge in [-0.3, -0.25) is 4.79 Å². The van der Waals surface area contributed by atoms with Crippen LogP contribution in [0.4, 0.5) is 0 Å². The molecule has 0 aliphatic carbocycles. The zero-order valence-electron chi connectivity index (χ0n) is 8.77. The van der Waals surface area contributed by atoms with Crippen molar-refractivity contribution >= 4 is 23.7 Å². The Labute approximate surface area is 97.3 Å². The van der Waals surface area contributed by atoms with Gasteiger partial charge in [-0.05, 0) is 29.5 Å². The lowest BCUT2D eigenvalue weighted by Crippen LogP contribution is -2.07. The van der Waals surface area contributed by atoms with Crippen LogP contribution in [0.25, 0.3) is 0 Å². The fourth-order valence-electron chi connectivity index (χ4n) is 1.34. The molecule has 4 nitrogen and oxygen atoms in total. The molecule has 0 aromatic heterocycles. The summed E-state index contributed by atoms with van der Waals surface area (Å²) >= 11 is 1.55. The number of hydrogen-bond donors (Lipinski definition) is 2. The molecule has 0 heterocycles. The summed E-state index contributed by atoms with van der Waals surface area (Å²) in [4.78, 5) is 22.4. The molecule has 0 amide bonds. The van der Waals surface area contributed by atoms with Gasteiger partial charge in [-0.2, -0.15) is 0 Å². The minimum Gasteiger partial charge on any atom is -0.481 e. The highest BCUT2D eigenvalue weighted by molar-refractivity contribution is 7.99. The Bertz CT molecular complexity index is 414. The molecule has 0 aliphatic heterocycles. The van der Waals surface area contributed by atoms with E-state index in [1.165, 1.54) is 6.07 Å². The van der Waals surface area contributed by atoms with Gasteiger partial charge in [0.05, 0.1) is 12.0 Å². The Kier molecular flexibility index (Phi) is 4.37. The lowest BCUT2D eigenvalue weighted by Gasteiger charge is -2.06. The second-order valence-electron chi connectivity index (χ2n) is 3.13. The van der Waals surface area contributed by atoms with Crippen molar-refractivity contribution in [2.75, 3.05) is 5.75 Å². The molecular weight excluding hydrogens is 228 g/mol. The van der Waals surface area contributed by atoms with E-state index in [1.807, 2.05) is 6.92 Å². The molecule has 0 spiro atoms. The van der Waals surface area contributed by atoms with Gasteiger partial charge in [0.2, 0.25) is 0 Å². The van der Waals surface area contributed by atoms with Gasteiger partial charge in [-0.25, -0.2) is 4.79 Å². The maximum atomic E-state index is 10.9. The van der Waals surface area contributed by atoms with Crippen LogP contribution < -0.4 is 0 Å². The van der Waals surface area contributed by atoms with Gasteiger partial charge in [0.25, 0.3) is 0 Å². The molecule has 0 unspecified atom stereocenters. The smallest absolute Gasteiger partial charge is 0.335 e. The molecule has 0 radical (unpaired) electrons. The van der Waals surface area contributed by atoms with Crippen LogP contribution in [0, 0.1) is 0 Å². The van der Waals surface area contributed by atoms with Crippen molar-refractivity contribution in [3.8, 4) is 0 Å². The maximum Gasteiger partial charge on any atom is 0.335 e. The Hall–Kier alpha value is -1.49. The number of carbonyl (C=O) groups is 2. The first-order chi connectivity index (χ1) is 7.54. The van der Waals surface area contributed by atoms with E-state index in [0.717, 1.165) is 10.6 Å². The van der Waals surface area contributed by atoms with E-state index in [9.17, 15) is 9.59 Å². The van der Waals surface area contributed by atoms with Gasteiger partial charge >= 0.3 is 11.9 Å².